The number of hydrogen-bond acceptors (Lipinski definition) is 3. The molecule has 2 amide bonds. The highest BCUT2D eigenvalue weighted by atomic mass is 16.2. The first-order chi connectivity index (χ1) is 9.91. The summed E-state index contributed by atoms with van der Waals surface area (Å²) in [6.45, 7) is 6.09. The van der Waals surface area contributed by atoms with Crippen molar-refractivity contribution < 1.29 is 9.59 Å². The Morgan fingerprint density at radius 1 is 1.00 bits per heavy atom. The standard InChI is InChI=1S/C16H29N3O2/c1-12-6-5-7-13(2)19(12)16(21)15(20)18(4)14-8-10-17(3)11-9-14/h12-14H,5-11H2,1-4H3. The normalized spacial score (nSPS) is 28.5. The van der Waals surface area contributed by atoms with Gasteiger partial charge >= 0.3 is 11.8 Å². The summed E-state index contributed by atoms with van der Waals surface area (Å²) in [6.07, 6.45) is 5.06. The summed E-state index contributed by atoms with van der Waals surface area (Å²) in [4.78, 5) is 30.9. The van der Waals surface area contributed by atoms with Crippen molar-refractivity contribution >= 4 is 11.8 Å². The van der Waals surface area contributed by atoms with Crippen molar-refractivity contribution in [3.63, 3.8) is 0 Å². The Hall–Kier alpha value is -1.10. The van der Waals surface area contributed by atoms with Crippen LogP contribution in [-0.4, -0.2) is 71.8 Å². The molecular formula is C16H29N3O2. The number of hydrogen-bond donors (Lipinski definition) is 0. The minimum absolute atomic E-state index is 0.177. The Balaban J connectivity index is 1.99. The molecule has 0 aromatic carbocycles. The number of carbonyl (C=O) groups is 2. The van der Waals surface area contributed by atoms with Crippen LogP contribution >= 0.6 is 0 Å². The molecule has 2 aliphatic heterocycles. The van der Waals surface area contributed by atoms with Crippen LogP contribution in [0.1, 0.15) is 46.0 Å². The second-order valence-corrected chi connectivity index (χ2v) is 6.79. The first kappa shape index (κ1) is 16.3. The Morgan fingerprint density at radius 2 is 1.52 bits per heavy atom. The van der Waals surface area contributed by atoms with Gasteiger partial charge in [0.25, 0.3) is 0 Å². The van der Waals surface area contributed by atoms with Crippen LogP contribution in [0.2, 0.25) is 0 Å². The van der Waals surface area contributed by atoms with Crippen molar-refractivity contribution in [1.82, 2.24) is 14.7 Å². The molecule has 0 spiro atoms. The zero-order valence-corrected chi connectivity index (χ0v) is 13.8. The van der Waals surface area contributed by atoms with Crippen LogP contribution in [0.5, 0.6) is 0 Å². The maximum absolute atomic E-state index is 12.6. The third-order valence-corrected chi connectivity index (χ3v) is 5.17. The highest BCUT2D eigenvalue weighted by Gasteiger charge is 2.36. The van der Waals surface area contributed by atoms with Crippen LogP contribution in [0, 0.1) is 0 Å². The van der Waals surface area contributed by atoms with Crippen molar-refractivity contribution in [3.05, 3.63) is 0 Å². The van der Waals surface area contributed by atoms with E-state index in [0.29, 0.717) is 0 Å². The fraction of sp³-hybridized carbons (Fsp3) is 0.875. The molecule has 2 saturated heterocycles. The number of nitrogens with zero attached hydrogens (tertiary/aromatic N) is 3. The lowest BCUT2D eigenvalue weighted by Crippen LogP contribution is -2.55. The molecule has 120 valence electrons. The van der Waals surface area contributed by atoms with Gasteiger partial charge in [-0.3, -0.25) is 9.59 Å². The average Bonchev–Trinajstić information content (AvgIpc) is 2.46. The number of likely N-dealkylation sites (tertiary alicyclic amines) is 2. The van der Waals surface area contributed by atoms with Crippen molar-refractivity contribution in [3.8, 4) is 0 Å². The van der Waals surface area contributed by atoms with Gasteiger partial charge in [0.2, 0.25) is 0 Å². The molecular weight excluding hydrogens is 266 g/mol. The number of amides is 2. The van der Waals surface area contributed by atoms with Crippen LogP contribution in [0.4, 0.5) is 0 Å². The summed E-state index contributed by atoms with van der Waals surface area (Å²) < 4.78 is 0. The maximum Gasteiger partial charge on any atom is 0.312 e. The first-order valence-corrected chi connectivity index (χ1v) is 8.19. The summed E-state index contributed by atoms with van der Waals surface area (Å²) in [5.41, 5.74) is 0. The van der Waals surface area contributed by atoms with Gasteiger partial charge in [-0.25, -0.2) is 0 Å². The number of likely N-dealkylation sites (N-methyl/N-ethyl adjacent to an activating group) is 1. The predicted molar refractivity (Wildman–Crippen MR) is 82.9 cm³/mol. The van der Waals surface area contributed by atoms with Crippen LogP contribution in [0.15, 0.2) is 0 Å². The third-order valence-electron chi connectivity index (χ3n) is 5.17. The SMILES string of the molecule is CC1CCCC(C)N1C(=O)C(=O)N(C)C1CCN(C)CC1. The lowest BCUT2D eigenvalue weighted by Gasteiger charge is -2.40. The quantitative estimate of drug-likeness (QED) is 0.686. The Morgan fingerprint density at radius 3 is 2.05 bits per heavy atom. The summed E-state index contributed by atoms with van der Waals surface area (Å²) in [6, 6.07) is 0.556. The van der Waals surface area contributed by atoms with Gasteiger partial charge in [-0.15, -0.1) is 0 Å². The number of rotatable bonds is 1. The van der Waals surface area contributed by atoms with E-state index in [0.717, 1.165) is 45.2 Å². The maximum atomic E-state index is 12.6. The monoisotopic (exact) mass is 295 g/mol. The van der Waals surface area contributed by atoms with Crippen molar-refractivity contribution in [2.75, 3.05) is 27.2 Å². The number of piperidine rings is 2. The smallest absolute Gasteiger partial charge is 0.312 e. The summed E-state index contributed by atoms with van der Waals surface area (Å²) >= 11 is 0. The Kier molecular flexibility index (Phi) is 5.25. The van der Waals surface area contributed by atoms with E-state index >= 15 is 0 Å². The third kappa shape index (κ3) is 3.57. The van der Waals surface area contributed by atoms with E-state index in [1.165, 1.54) is 0 Å². The minimum atomic E-state index is -0.329. The van der Waals surface area contributed by atoms with Crippen molar-refractivity contribution in [2.24, 2.45) is 0 Å². The zero-order valence-electron chi connectivity index (χ0n) is 13.8. The topological polar surface area (TPSA) is 43.9 Å². The van der Waals surface area contributed by atoms with Gasteiger partial charge in [0.1, 0.15) is 0 Å². The first-order valence-electron chi connectivity index (χ1n) is 8.19. The molecule has 2 fully saturated rings. The predicted octanol–water partition coefficient (Wildman–Crippen LogP) is 1.33. The lowest BCUT2D eigenvalue weighted by molar-refractivity contribution is -0.156. The highest BCUT2D eigenvalue weighted by molar-refractivity contribution is 6.35. The van der Waals surface area contributed by atoms with Gasteiger partial charge in [-0.1, -0.05) is 0 Å². The molecule has 0 aromatic rings. The molecule has 2 heterocycles. The van der Waals surface area contributed by atoms with Gasteiger partial charge in [-0.2, -0.15) is 0 Å². The summed E-state index contributed by atoms with van der Waals surface area (Å²) in [5, 5.41) is 0. The highest BCUT2D eigenvalue weighted by Crippen LogP contribution is 2.23. The van der Waals surface area contributed by atoms with Gasteiger partial charge in [-0.05, 0) is 66.1 Å². The second-order valence-electron chi connectivity index (χ2n) is 6.79. The van der Waals surface area contributed by atoms with Gasteiger partial charge in [0, 0.05) is 25.2 Å². The van der Waals surface area contributed by atoms with Crippen LogP contribution in [0.25, 0.3) is 0 Å². The van der Waals surface area contributed by atoms with Crippen LogP contribution in [-0.2, 0) is 9.59 Å². The molecule has 0 radical (unpaired) electrons. The van der Waals surface area contributed by atoms with Crippen molar-refractivity contribution in [1.29, 1.82) is 0 Å². The molecule has 0 N–H and O–H groups in total. The van der Waals surface area contributed by atoms with Crippen molar-refractivity contribution in [2.45, 2.75) is 64.1 Å². The molecule has 2 unspecified atom stereocenters. The molecule has 0 bridgehead atoms. The largest absolute Gasteiger partial charge is 0.334 e. The number of carbonyl (C=O) groups excluding carboxylic acids is 2. The fourth-order valence-corrected chi connectivity index (χ4v) is 3.63. The van der Waals surface area contributed by atoms with Crippen LogP contribution in [0.3, 0.4) is 0 Å². The average molecular weight is 295 g/mol. The summed E-state index contributed by atoms with van der Waals surface area (Å²) in [5.74, 6) is -0.638. The van der Waals surface area contributed by atoms with E-state index in [9.17, 15) is 9.59 Å². The van der Waals surface area contributed by atoms with E-state index in [1.807, 2.05) is 0 Å². The van der Waals surface area contributed by atoms with Gasteiger partial charge in [0.05, 0.1) is 0 Å². The zero-order chi connectivity index (χ0) is 15.6. The lowest BCUT2D eigenvalue weighted by atomic mass is 9.97. The second kappa shape index (κ2) is 6.77. The Bertz CT molecular complexity index is 381. The molecule has 0 aromatic heterocycles. The Labute approximate surface area is 128 Å². The molecule has 0 saturated carbocycles. The molecule has 2 aliphatic rings. The van der Waals surface area contributed by atoms with E-state index in [2.05, 4.69) is 25.8 Å². The fourth-order valence-electron chi connectivity index (χ4n) is 3.63. The molecule has 5 nitrogen and oxygen atoms in total. The van der Waals surface area contributed by atoms with Gasteiger partial charge < -0.3 is 14.7 Å². The molecule has 2 rings (SSSR count). The molecule has 0 aliphatic carbocycles. The minimum Gasteiger partial charge on any atom is -0.334 e. The molecule has 2 atom stereocenters. The van der Waals surface area contributed by atoms with E-state index in [4.69, 9.17) is 0 Å². The van der Waals surface area contributed by atoms with E-state index in [-0.39, 0.29) is 29.9 Å². The van der Waals surface area contributed by atoms with Gasteiger partial charge in [0.15, 0.2) is 0 Å². The van der Waals surface area contributed by atoms with Crippen LogP contribution < -0.4 is 0 Å². The summed E-state index contributed by atoms with van der Waals surface area (Å²) in [7, 11) is 3.88. The van der Waals surface area contributed by atoms with E-state index in [1.54, 1.807) is 16.8 Å². The van der Waals surface area contributed by atoms with E-state index < -0.39 is 0 Å². The molecule has 5 heteroatoms. The molecule has 21 heavy (non-hydrogen) atoms.